The molecule has 0 unspecified atom stereocenters. The summed E-state index contributed by atoms with van der Waals surface area (Å²) >= 11 is 0. The van der Waals surface area contributed by atoms with Gasteiger partial charge < -0.3 is 10.4 Å². The molecule has 2 aromatic carbocycles. The normalized spacial score (nSPS) is 19.9. The molecule has 0 bridgehead atoms. The van der Waals surface area contributed by atoms with Gasteiger partial charge in [0.05, 0.1) is 17.4 Å². The molecule has 1 fully saturated rings. The van der Waals surface area contributed by atoms with Crippen LogP contribution in [0.25, 0.3) is 5.69 Å². The number of nitrogens with zero attached hydrogens (tertiary/aromatic N) is 3. The van der Waals surface area contributed by atoms with E-state index in [1.807, 2.05) is 36.4 Å². The van der Waals surface area contributed by atoms with Crippen molar-refractivity contribution in [2.24, 2.45) is 5.92 Å². The maximum absolute atomic E-state index is 13.1. The quantitative estimate of drug-likeness (QED) is 0.706. The van der Waals surface area contributed by atoms with Gasteiger partial charge in [0.1, 0.15) is 12.7 Å². The van der Waals surface area contributed by atoms with E-state index in [2.05, 4.69) is 27.5 Å². The smallest absolute Gasteiger partial charge is 0.253 e. The molecule has 1 heterocycles. The summed E-state index contributed by atoms with van der Waals surface area (Å²) in [6, 6.07) is 17.5. The largest absolute Gasteiger partial charge is 0.393 e. The summed E-state index contributed by atoms with van der Waals surface area (Å²) < 4.78 is 1.59. The zero-order valence-corrected chi connectivity index (χ0v) is 14.9. The molecule has 0 radical (unpaired) electrons. The van der Waals surface area contributed by atoms with Gasteiger partial charge in [-0.3, -0.25) is 4.79 Å². The Morgan fingerprint density at radius 1 is 1.15 bits per heavy atom. The number of hydrogen-bond acceptors (Lipinski definition) is 4. The Bertz CT molecular complexity index is 890. The molecule has 6 nitrogen and oxygen atoms in total. The number of nitrogens with one attached hydrogen (secondary N) is 1. The van der Waals surface area contributed by atoms with Crippen molar-refractivity contribution in [3.8, 4) is 5.69 Å². The van der Waals surface area contributed by atoms with E-state index < -0.39 is 0 Å². The van der Waals surface area contributed by atoms with Gasteiger partial charge in [0, 0.05) is 6.04 Å². The maximum atomic E-state index is 13.1. The van der Waals surface area contributed by atoms with Crippen LogP contribution in [0, 0.1) is 5.92 Å². The minimum atomic E-state index is -0.257. The topological polar surface area (TPSA) is 80.0 Å². The van der Waals surface area contributed by atoms with Crippen molar-refractivity contribution in [1.82, 2.24) is 20.1 Å². The van der Waals surface area contributed by atoms with E-state index in [0.717, 1.165) is 19.3 Å². The molecule has 138 valence electrons. The maximum Gasteiger partial charge on any atom is 0.253 e. The first-order chi connectivity index (χ1) is 13.2. The van der Waals surface area contributed by atoms with Gasteiger partial charge in [-0.1, -0.05) is 42.5 Å². The number of amides is 1. The average Bonchev–Trinajstić information content (AvgIpc) is 3.20. The highest BCUT2D eigenvalue weighted by molar-refractivity contribution is 5.97. The lowest BCUT2D eigenvalue weighted by Gasteiger charge is -2.38. The molecule has 0 aliphatic heterocycles. The SMILES string of the molecule is O=C(N[C@H](Cc1ccccc1)C1CC(O)C1)c1ccccc1-n1cncn1. The Morgan fingerprint density at radius 3 is 2.59 bits per heavy atom. The minimum absolute atomic E-state index is 0.0212. The standard InChI is InChI=1S/C21H22N4O2/c26-17-11-16(12-17)19(10-15-6-2-1-3-7-15)24-21(27)18-8-4-5-9-20(18)25-14-22-13-23-25/h1-9,13-14,16-17,19,26H,10-12H2,(H,24,27)/t16?,17?,19-/m1/s1. The third kappa shape index (κ3) is 3.90. The number of rotatable bonds is 6. The van der Waals surface area contributed by atoms with Crippen molar-refractivity contribution in [3.63, 3.8) is 0 Å². The van der Waals surface area contributed by atoms with Crippen LogP contribution in [0.15, 0.2) is 67.3 Å². The van der Waals surface area contributed by atoms with Gasteiger partial charge in [-0.2, -0.15) is 5.10 Å². The van der Waals surface area contributed by atoms with Crippen LogP contribution >= 0.6 is 0 Å². The lowest BCUT2D eigenvalue weighted by molar-refractivity contribution is 0.0239. The van der Waals surface area contributed by atoms with Crippen LogP contribution in [0.2, 0.25) is 0 Å². The van der Waals surface area contributed by atoms with E-state index in [0.29, 0.717) is 11.3 Å². The van der Waals surface area contributed by atoms with Crippen LogP contribution in [-0.4, -0.2) is 37.9 Å². The molecule has 1 atom stereocenters. The van der Waals surface area contributed by atoms with Crippen molar-refractivity contribution in [2.75, 3.05) is 0 Å². The number of hydrogen-bond donors (Lipinski definition) is 2. The lowest BCUT2D eigenvalue weighted by atomic mass is 9.75. The van der Waals surface area contributed by atoms with Crippen LogP contribution in [-0.2, 0) is 6.42 Å². The predicted octanol–water partition coefficient (Wildman–Crippen LogP) is 2.38. The molecule has 1 aliphatic rings. The Hall–Kier alpha value is -2.99. The van der Waals surface area contributed by atoms with Gasteiger partial charge >= 0.3 is 0 Å². The van der Waals surface area contributed by atoms with Crippen molar-refractivity contribution >= 4 is 5.91 Å². The molecular formula is C21H22N4O2. The third-order valence-electron chi connectivity index (χ3n) is 5.15. The zero-order valence-electron chi connectivity index (χ0n) is 14.9. The van der Waals surface area contributed by atoms with Crippen molar-refractivity contribution in [1.29, 1.82) is 0 Å². The van der Waals surface area contributed by atoms with Crippen molar-refractivity contribution < 1.29 is 9.90 Å². The Morgan fingerprint density at radius 2 is 1.89 bits per heavy atom. The first-order valence-electron chi connectivity index (χ1n) is 9.17. The highest BCUT2D eigenvalue weighted by Crippen LogP contribution is 2.32. The monoisotopic (exact) mass is 362 g/mol. The summed E-state index contributed by atoms with van der Waals surface area (Å²) in [5.74, 6) is 0.145. The molecule has 1 aromatic heterocycles. The van der Waals surface area contributed by atoms with Crippen molar-refractivity contribution in [3.05, 3.63) is 78.4 Å². The van der Waals surface area contributed by atoms with Gasteiger partial charge in [0.25, 0.3) is 5.91 Å². The van der Waals surface area contributed by atoms with Gasteiger partial charge in [0.15, 0.2) is 0 Å². The van der Waals surface area contributed by atoms with Gasteiger partial charge in [-0.25, -0.2) is 9.67 Å². The first-order valence-corrected chi connectivity index (χ1v) is 9.17. The lowest BCUT2D eigenvalue weighted by Crippen LogP contribution is -2.48. The number of aliphatic hydroxyl groups excluding tert-OH is 1. The van der Waals surface area contributed by atoms with Crippen LogP contribution in [0.4, 0.5) is 0 Å². The number of carbonyl (C=O) groups is 1. The second-order valence-corrected chi connectivity index (χ2v) is 7.01. The third-order valence-corrected chi connectivity index (χ3v) is 5.15. The summed E-state index contributed by atoms with van der Waals surface area (Å²) in [5, 5.41) is 17.1. The van der Waals surface area contributed by atoms with Crippen LogP contribution in [0.5, 0.6) is 0 Å². The zero-order chi connectivity index (χ0) is 18.6. The second kappa shape index (κ2) is 7.72. The number of carbonyl (C=O) groups excluding carboxylic acids is 1. The van der Waals surface area contributed by atoms with Crippen LogP contribution in [0.3, 0.4) is 0 Å². The molecule has 1 aliphatic carbocycles. The van der Waals surface area contributed by atoms with Crippen LogP contribution < -0.4 is 5.32 Å². The highest BCUT2D eigenvalue weighted by Gasteiger charge is 2.35. The first kappa shape index (κ1) is 17.4. The fraction of sp³-hybridized carbons (Fsp3) is 0.286. The van der Waals surface area contributed by atoms with E-state index in [1.54, 1.807) is 17.1 Å². The highest BCUT2D eigenvalue weighted by atomic mass is 16.3. The number of aromatic nitrogens is 3. The number of benzene rings is 2. The molecule has 1 amide bonds. The molecule has 4 rings (SSSR count). The van der Waals surface area contributed by atoms with Gasteiger partial charge in [-0.05, 0) is 42.9 Å². The Labute approximate surface area is 157 Å². The molecule has 0 saturated heterocycles. The van der Waals surface area contributed by atoms with E-state index >= 15 is 0 Å². The molecule has 1 saturated carbocycles. The number of para-hydroxylation sites is 1. The molecular weight excluding hydrogens is 340 g/mol. The summed E-state index contributed by atoms with van der Waals surface area (Å²) in [6.45, 7) is 0. The minimum Gasteiger partial charge on any atom is -0.393 e. The molecule has 0 spiro atoms. The summed E-state index contributed by atoms with van der Waals surface area (Å²) in [7, 11) is 0. The van der Waals surface area contributed by atoms with Crippen molar-refractivity contribution in [2.45, 2.75) is 31.4 Å². The second-order valence-electron chi connectivity index (χ2n) is 7.01. The fourth-order valence-electron chi connectivity index (χ4n) is 3.61. The van der Waals surface area contributed by atoms with Gasteiger partial charge in [-0.15, -0.1) is 0 Å². The average molecular weight is 362 g/mol. The van der Waals surface area contributed by atoms with E-state index in [9.17, 15) is 9.90 Å². The molecule has 27 heavy (non-hydrogen) atoms. The van der Waals surface area contributed by atoms with E-state index in [-0.39, 0.29) is 24.0 Å². The summed E-state index contributed by atoms with van der Waals surface area (Å²) in [4.78, 5) is 17.0. The number of aliphatic hydroxyl groups is 1. The molecule has 6 heteroatoms. The predicted molar refractivity (Wildman–Crippen MR) is 101 cm³/mol. The fourth-order valence-corrected chi connectivity index (χ4v) is 3.61. The van der Waals surface area contributed by atoms with Crippen LogP contribution in [0.1, 0.15) is 28.8 Å². The summed E-state index contributed by atoms with van der Waals surface area (Å²) in [6.07, 6.45) is 4.96. The van der Waals surface area contributed by atoms with Gasteiger partial charge in [0.2, 0.25) is 0 Å². The Balaban J connectivity index is 1.55. The molecule has 3 aromatic rings. The van der Waals surface area contributed by atoms with E-state index in [4.69, 9.17) is 0 Å². The van der Waals surface area contributed by atoms with E-state index in [1.165, 1.54) is 11.9 Å². The Kier molecular flexibility index (Phi) is 4.98. The molecule has 2 N–H and O–H groups in total. The summed E-state index contributed by atoms with van der Waals surface area (Å²) in [5.41, 5.74) is 2.43.